The van der Waals surface area contributed by atoms with Crippen LogP contribution in [0.5, 0.6) is 0 Å². The lowest BCUT2D eigenvalue weighted by Crippen LogP contribution is -2.22. The summed E-state index contributed by atoms with van der Waals surface area (Å²) in [7, 11) is 0. The molecule has 0 saturated heterocycles. The molecule has 0 saturated carbocycles. The first-order valence-electron chi connectivity index (χ1n) is 4.46. The Hall–Kier alpha value is -1.10. The van der Waals surface area contributed by atoms with Crippen LogP contribution in [-0.4, -0.2) is 15.6 Å². The number of hydrogen-bond acceptors (Lipinski definition) is 3. The lowest BCUT2D eigenvalue weighted by molar-refractivity contribution is -0.137. The average Bonchev–Trinajstić information content (AvgIpc) is 2.46. The van der Waals surface area contributed by atoms with Crippen molar-refractivity contribution in [1.82, 2.24) is 4.57 Å². The molecule has 0 amide bonds. The molecule has 1 aromatic rings. The zero-order chi connectivity index (χ0) is 10.7. The predicted molar refractivity (Wildman–Crippen MR) is 54.9 cm³/mol. The van der Waals surface area contributed by atoms with Gasteiger partial charge in [0.05, 0.1) is 0 Å². The molecule has 0 fully saturated rings. The van der Waals surface area contributed by atoms with E-state index in [-0.39, 0.29) is 17.3 Å². The van der Waals surface area contributed by atoms with E-state index in [0.717, 1.165) is 23.5 Å². The molecular formula is C9H13NO3S. The average molecular weight is 215 g/mol. The Balaban J connectivity index is 3.06. The Morgan fingerprint density at radius 1 is 1.71 bits per heavy atom. The molecule has 1 heterocycles. The Kier molecular flexibility index (Phi) is 3.46. The zero-order valence-corrected chi connectivity index (χ0v) is 9.00. The van der Waals surface area contributed by atoms with Crippen LogP contribution in [0.15, 0.2) is 10.2 Å². The minimum Gasteiger partial charge on any atom is -0.480 e. The number of thiazole rings is 1. The molecule has 1 unspecified atom stereocenters. The van der Waals surface area contributed by atoms with E-state index >= 15 is 0 Å². The van der Waals surface area contributed by atoms with Crippen LogP contribution in [0.1, 0.15) is 31.9 Å². The van der Waals surface area contributed by atoms with Crippen LogP contribution in [0.25, 0.3) is 0 Å². The first-order chi connectivity index (χ1) is 6.56. The van der Waals surface area contributed by atoms with Crippen molar-refractivity contribution < 1.29 is 9.90 Å². The molecular weight excluding hydrogens is 202 g/mol. The lowest BCUT2D eigenvalue weighted by atomic mass is 10.1. The van der Waals surface area contributed by atoms with E-state index in [1.807, 2.05) is 13.8 Å². The summed E-state index contributed by atoms with van der Waals surface area (Å²) in [5.74, 6) is -0.747. The molecule has 0 aromatic carbocycles. The number of carbonyl (C=O) groups is 1. The van der Waals surface area contributed by atoms with E-state index < -0.39 is 5.97 Å². The molecule has 5 heteroatoms. The summed E-state index contributed by atoms with van der Waals surface area (Å²) in [5, 5.41) is 10.4. The number of carboxylic acids is 1. The number of nitrogens with zero attached hydrogens (tertiary/aromatic N) is 1. The molecule has 0 bridgehead atoms. The van der Waals surface area contributed by atoms with Crippen molar-refractivity contribution in [2.24, 2.45) is 0 Å². The minimum absolute atomic E-state index is 0.192. The molecule has 0 radical (unpaired) electrons. The molecule has 1 rings (SSSR count). The molecule has 4 nitrogen and oxygen atoms in total. The summed E-state index contributed by atoms with van der Waals surface area (Å²) < 4.78 is 1.33. The van der Waals surface area contributed by atoms with E-state index in [4.69, 9.17) is 5.11 Å². The van der Waals surface area contributed by atoms with Gasteiger partial charge in [-0.3, -0.25) is 14.2 Å². The van der Waals surface area contributed by atoms with Gasteiger partial charge in [-0.25, -0.2) is 0 Å². The SMILES string of the molecule is CCC(C)c1csc(=O)n1CC(=O)O. The monoisotopic (exact) mass is 215 g/mol. The van der Waals surface area contributed by atoms with Crippen LogP contribution in [-0.2, 0) is 11.3 Å². The lowest BCUT2D eigenvalue weighted by Gasteiger charge is -2.10. The van der Waals surface area contributed by atoms with Gasteiger partial charge in [0.2, 0.25) is 0 Å². The smallest absolute Gasteiger partial charge is 0.323 e. The largest absolute Gasteiger partial charge is 0.480 e. The highest BCUT2D eigenvalue weighted by Crippen LogP contribution is 2.18. The van der Waals surface area contributed by atoms with Gasteiger partial charge in [-0.05, 0) is 12.3 Å². The minimum atomic E-state index is -0.977. The normalized spacial score (nSPS) is 12.7. The second kappa shape index (κ2) is 4.41. The van der Waals surface area contributed by atoms with Crippen LogP contribution in [0.3, 0.4) is 0 Å². The Morgan fingerprint density at radius 2 is 2.36 bits per heavy atom. The molecule has 1 aromatic heterocycles. The summed E-state index contributed by atoms with van der Waals surface area (Å²) in [4.78, 5) is 21.6. The van der Waals surface area contributed by atoms with Crippen LogP contribution in [0.2, 0.25) is 0 Å². The van der Waals surface area contributed by atoms with Gasteiger partial charge in [-0.2, -0.15) is 0 Å². The highest BCUT2D eigenvalue weighted by Gasteiger charge is 2.13. The van der Waals surface area contributed by atoms with E-state index in [1.165, 1.54) is 4.57 Å². The third kappa shape index (κ3) is 2.23. The van der Waals surface area contributed by atoms with Gasteiger partial charge in [0.25, 0.3) is 0 Å². The van der Waals surface area contributed by atoms with Crippen molar-refractivity contribution in [3.05, 3.63) is 20.7 Å². The fourth-order valence-corrected chi connectivity index (χ4v) is 2.10. The first-order valence-corrected chi connectivity index (χ1v) is 5.34. The van der Waals surface area contributed by atoms with Crippen LogP contribution in [0.4, 0.5) is 0 Å². The fourth-order valence-electron chi connectivity index (χ4n) is 1.23. The van der Waals surface area contributed by atoms with Gasteiger partial charge in [0, 0.05) is 11.1 Å². The van der Waals surface area contributed by atoms with Crippen LogP contribution >= 0.6 is 11.3 Å². The van der Waals surface area contributed by atoms with Crippen LogP contribution < -0.4 is 4.87 Å². The Morgan fingerprint density at radius 3 is 2.86 bits per heavy atom. The van der Waals surface area contributed by atoms with Gasteiger partial charge in [0.15, 0.2) is 0 Å². The number of hydrogen-bond donors (Lipinski definition) is 1. The second-order valence-corrected chi connectivity index (χ2v) is 4.04. The molecule has 0 aliphatic carbocycles. The molecule has 0 aliphatic rings. The van der Waals surface area contributed by atoms with Gasteiger partial charge >= 0.3 is 10.8 Å². The fraction of sp³-hybridized carbons (Fsp3) is 0.556. The van der Waals surface area contributed by atoms with Crippen molar-refractivity contribution in [1.29, 1.82) is 0 Å². The van der Waals surface area contributed by atoms with Crippen molar-refractivity contribution in [2.75, 3.05) is 0 Å². The molecule has 0 spiro atoms. The van der Waals surface area contributed by atoms with E-state index in [0.29, 0.717) is 0 Å². The van der Waals surface area contributed by atoms with Crippen molar-refractivity contribution >= 4 is 17.3 Å². The summed E-state index contributed by atoms with van der Waals surface area (Å²) in [6.45, 7) is 3.76. The summed E-state index contributed by atoms with van der Waals surface area (Å²) in [6.07, 6.45) is 0.899. The zero-order valence-electron chi connectivity index (χ0n) is 8.19. The molecule has 78 valence electrons. The maximum Gasteiger partial charge on any atom is 0.323 e. The Bertz CT molecular complexity index is 380. The number of aliphatic carboxylic acids is 1. The van der Waals surface area contributed by atoms with Crippen LogP contribution in [0, 0.1) is 0 Å². The van der Waals surface area contributed by atoms with Crippen molar-refractivity contribution in [2.45, 2.75) is 32.7 Å². The van der Waals surface area contributed by atoms with Crippen molar-refractivity contribution in [3.63, 3.8) is 0 Å². The molecule has 1 atom stereocenters. The molecule has 0 aliphatic heterocycles. The third-order valence-corrected chi connectivity index (χ3v) is 3.00. The van der Waals surface area contributed by atoms with Gasteiger partial charge in [-0.15, -0.1) is 0 Å². The first kappa shape index (κ1) is 11.0. The van der Waals surface area contributed by atoms with Gasteiger partial charge in [0.1, 0.15) is 6.54 Å². The highest BCUT2D eigenvalue weighted by atomic mass is 32.1. The highest BCUT2D eigenvalue weighted by molar-refractivity contribution is 7.07. The Labute approximate surface area is 85.8 Å². The van der Waals surface area contributed by atoms with E-state index in [9.17, 15) is 9.59 Å². The summed E-state index contributed by atoms with van der Waals surface area (Å²) in [6, 6.07) is 0. The van der Waals surface area contributed by atoms with E-state index in [2.05, 4.69) is 0 Å². The topological polar surface area (TPSA) is 59.3 Å². The van der Waals surface area contributed by atoms with Gasteiger partial charge < -0.3 is 5.11 Å². The third-order valence-electron chi connectivity index (χ3n) is 2.22. The standard InChI is InChI=1S/C9H13NO3S/c1-3-6(2)7-5-14-9(13)10(7)4-8(11)12/h5-6H,3-4H2,1-2H3,(H,11,12). The molecule has 14 heavy (non-hydrogen) atoms. The van der Waals surface area contributed by atoms with Gasteiger partial charge in [-0.1, -0.05) is 25.2 Å². The number of rotatable bonds is 4. The van der Waals surface area contributed by atoms with Crippen molar-refractivity contribution in [3.8, 4) is 0 Å². The molecule has 1 N–H and O–H groups in total. The second-order valence-electron chi connectivity index (χ2n) is 3.22. The number of aromatic nitrogens is 1. The maximum absolute atomic E-state index is 11.3. The predicted octanol–water partition coefficient (Wildman–Crippen LogP) is 1.51. The maximum atomic E-state index is 11.3. The van der Waals surface area contributed by atoms with E-state index in [1.54, 1.807) is 5.38 Å². The summed E-state index contributed by atoms with van der Waals surface area (Å²) >= 11 is 1.06. The number of carboxylic acid groups (broad SMARTS) is 1. The summed E-state index contributed by atoms with van der Waals surface area (Å²) in [5.41, 5.74) is 0.824. The quantitative estimate of drug-likeness (QED) is 0.828.